The Morgan fingerprint density at radius 3 is 2.59 bits per heavy atom. The fourth-order valence-electron chi connectivity index (χ4n) is 3.54. The summed E-state index contributed by atoms with van der Waals surface area (Å²) < 4.78 is 7.05. The molecule has 0 radical (unpaired) electrons. The topological polar surface area (TPSA) is 132 Å². The normalized spacial score (nSPS) is 14.9. The number of hydrogen-bond acceptors (Lipinski definition) is 10. The van der Waals surface area contributed by atoms with Crippen molar-refractivity contribution in [1.82, 2.24) is 29.4 Å². The molecule has 1 fully saturated rings. The van der Waals surface area contributed by atoms with Gasteiger partial charge in [-0.2, -0.15) is 0 Å². The number of amides is 2. The molecule has 4 rings (SSSR count). The van der Waals surface area contributed by atoms with Gasteiger partial charge < -0.3 is 15.0 Å². The Hall–Kier alpha value is -3.06. The van der Waals surface area contributed by atoms with E-state index in [2.05, 4.69) is 25.3 Å². The third kappa shape index (κ3) is 5.70. The van der Waals surface area contributed by atoms with Crippen LogP contribution < -0.4 is 10.9 Å². The fourth-order valence-corrected chi connectivity index (χ4v) is 4.94. The largest absolute Gasteiger partial charge is 0.444 e. The predicted octanol–water partition coefficient (Wildman–Crippen LogP) is 2.95. The summed E-state index contributed by atoms with van der Waals surface area (Å²) in [5, 5.41) is 5.40. The minimum absolute atomic E-state index is 0.0501. The zero-order valence-corrected chi connectivity index (χ0v) is 20.7. The molecule has 0 bridgehead atoms. The van der Waals surface area contributed by atoms with Crippen LogP contribution in [0.1, 0.15) is 39.7 Å². The summed E-state index contributed by atoms with van der Waals surface area (Å²) in [6.45, 7) is 6.37. The van der Waals surface area contributed by atoms with Crippen LogP contribution >= 0.6 is 23.1 Å². The molecule has 13 heteroatoms. The highest BCUT2D eigenvalue weighted by molar-refractivity contribution is 7.99. The van der Waals surface area contributed by atoms with Crippen molar-refractivity contribution in [2.75, 3.05) is 24.2 Å². The van der Waals surface area contributed by atoms with Crippen LogP contribution in [0, 0.1) is 0 Å². The summed E-state index contributed by atoms with van der Waals surface area (Å²) in [6.07, 6.45) is 5.26. The van der Waals surface area contributed by atoms with Crippen molar-refractivity contribution in [3.05, 3.63) is 34.3 Å². The zero-order chi connectivity index (χ0) is 24.3. The van der Waals surface area contributed by atoms with Gasteiger partial charge in [-0.05, 0) is 33.6 Å². The van der Waals surface area contributed by atoms with Gasteiger partial charge in [-0.1, -0.05) is 11.8 Å². The van der Waals surface area contributed by atoms with E-state index in [0.717, 1.165) is 11.8 Å². The molecule has 4 heterocycles. The molecule has 2 amide bonds. The van der Waals surface area contributed by atoms with E-state index in [9.17, 15) is 14.4 Å². The summed E-state index contributed by atoms with van der Waals surface area (Å²) in [5.41, 5.74) is -0.475. The number of rotatable bonds is 5. The average molecular weight is 504 g/mol. The summed E-state index contributed by atoms with van der Waals surface area (Å²) >= 11 is 2.48. The molecule has 11 nitrogen and oxygen atoms in total. The first-order valence-electron chi connectivity index (χ1n) is 10.7. The van der Waals surface area contributed by atoms with E-state index in [-0.39, 0.29) is 40.5 Å². The average Bonchev–Trinajstić information content (AvgIpc) is 3.30. The maximum Gasteiger partial charge on any atom is 0.410 e. The van der Waals surface area contributed by atoms with E-state index in [1.807, 2.05) is 20.8 Å². The second-order valence-corrected chi connectivity index (χ2v) is 10.5. The summed E-state index contributed by atoms with van der Waals surface area (Å²) in [5.74, 6) is -0.200. The van der Waals surface area contributed by atoms with Crippen molar-refractivity contribution in [3.63, 3.8) is 0 Å². The van der Waals surface area contributed by atoms with Gasteiger partial charge >= 0.3 is 6.09 Å². The SMILES string of the molecule is CC(C)(C)OC(=O)N1CCC(n2c(SCC(=O)Nc3nccs3)nc3nccnc3c2=O)CC1. The van der Waals surface area contributed by atoms with Crippen molar-refractivity contribution < 1.29 is 14.3 Å². The molecule has 0 spiro atoms. The first kappa shape index (κ1) is 24.1. The highest BCUT2D eigenvalue weighted by atomic mass is 32.2. The van der Waals surface area contributed by atoms with E-state index in [4.69, 9.17) is 4.74 Å². The molecule has 34 heavy (non-hydrogen) atoms. The molecule has 0 unspecified atom stereocenters. The number of thiazole rings is 1. The fraction of sp³-hybridized carbons (Fsp3) is 0.476. The molecule has 180 valence electrons. The van der Waals surface area contributed by atoms with Gasteiger partial charge in [0.2, 0.25) is 5.91 Å². The Labute approximate surface area is 204 Å². The molecule has 0 saturated carbocycles. The van der Waals surface area contributed by atoms with Gasteiger partial charge in [0.15, 0.2) is 21.5 Å². The molecule has 0 aromatic carbocycles. The monoisotopic (exact) mass is 503 g/mol. The van der Waals surface area contributed by atoms with Gasteiger partial charge in [0.05, 0.1) is 5.75 Å². The number of anilines is 1. The Kier molecular flexibility index (Phi) is 7.12. The van der Waals surface area contributed by atoms with Crippen molar-refractivity contribution in [2.45, 2.75) is 50.4 Å². The van der Waals surface area contributed by atoms with E-state index >= 15 is 0 Å². The van der Waals surface area contributed by atoms with Crippen LogP contribution in [-0.4, -0.2) is 65.8 Å². The minimum Gasteiger partial charge on any atom is -0.444 e. The summed E-state index contributed by atoms with van der Waals surface area (Å²) in [4.78, 5) is 56.7. The number of fused-ring (bicyclic) bond motifs is 1. The Bertz CT molecular complexity index is 1230. The van der Waals surface area contributed by atoms with E-state index < -0.39 is 5.60 Å². The van der Waals surface area contributed by atoms with Gasteiger partial charge in [0, 0.05) is 43.1 Å². The second-order valence-electron chi connectivity index (χ2n) is 8.67. The van der Waals surface area contributed by atoms with E-state index in [0.29, 0.717) is 36.2 Å². The smallest absolute Gasteiger partial charge is 0.410 e. The summed E-state index contributed by atoms with van der Waals surface area (Å²) in [7, 11) is 0. The number of carbonyl (C=O) groups excluding carboxylic acids is 2. The van der Waals surface area contributed by atoms with Crippen LogP contribution in [0.15, 0.2) is 33.9 Å². The molecule has 1 aliphatic rings. The van der Waals surface area contributed by atoms with Gasteiger partial charge in [0.25, 0.3) is 5.56 Å². The Balaban J connectivity index is 1.54. The van der Waals surface area contributed by atoms with Gasteiger partial charge in [0.1, 0.15) is 5.60 Å². The molecular formula is C21H25N7O4S2. The van der Waals surface area contributed by atoms with Crippen molar-refractivity contribution >= 4 is 51.4 Å². The number of nitrogens with one attached hydrogen (secondary N) is 1. The lowest BCUT2D eigenvalue weighted by Crippen LogP contribution is -2.43. The lowest BCUT2D eigenvalue weighted by Gasteiger charge is -2.34. The Morgan fingerprint density at radius 1 is 1.18 bits per heavy atom. The lowest BCUT2D eigenvalue weighted by atomic mass is 10.1. The molecule has 3 aromatic heterocycles. The lowest BCUT2D eigenvalue weighted by molar-refractivity contribution is -0.113. The molecular weight excluding hydrogens is 478 g/mol. The number of carbonyl (C=O) groups is 2. The van der Waals surface area contributed by atoms with Crippen LogP contribution in [0.3, 0.4) is 0 Å². The first-order chi connectivity index (χ1) is 16.2. The number of nitrogens with zero attached hydrogens (tertiary/aromatic N) is 6. The molecule has 1 aliphatic heterocycles. The molecule has 0 aliphatic carbocycles. The van der Waals surface area contributed by atoms with Gasteiger partial charge in [-0.15, -0.1) is 11.3 Å². The van der Waals surface area contributed by atoms with Crippen LogP contribution in [0.25, 0.3) is 11.2 Å². The van der Waals surface area contributed by atoms with Crippen LogP contribution in [0.5, 0.6) is 0 Å². The highest BCUT2D eigenvalue weighted by Crippen LogP contribution is 2.28. The van der Waals surface area contributed by atoms with Crippen LogP contribution in [-0.2, 0) is 9.53 Å². The maximum atomic E-state index is 13.3. The van der Waals surface area contributed by atoms with Crippen molar-refractivity contribution in [2.24, 2.45) is 0 Å². The number of piperidine rings is 1. The molecule has 1 saturated heterocycles. The summed E-state index contributed by atoms with van der Waals surface area (Å²) in [6, 6.07) is -0.199. The maximum absolute atomic E-state index is 13.3. The zero-order valence-electron chi connectivity index (χ0n) is 19.1. The Morgan fingerprint density at radius 2 is 1.91 bits per heavy atom. The highest BCUT2D eigenvalue weighted by Gasteiger charge is 2.30. The molecule has 1 N–H and O–H groups in total. The number of hydrogen-bond donors (Lipinski definition) is 1. The molecule has 3 aromatic rings. The van der Waals surface area contributed by atoms with Gasteiger partial charge in [-0.3, -0.25) is 14.2 Å². The predicted molar refractivity (Wildman–Crippen MR) is 129 cm³/mol. The number of aromatic nitrogens is 5. The van der Waals surface area contributed by atoms with Gasteiger partial charge in [-0.25, -0.2) is 24.7 Å². The quantitative estimate of drug-likeness (QED) is 0.412. The van der Waals surface area contributed by atoms with E-state index in [1.165, 1.54) is 23.7 Å². The number of thioether (sulfide) groups is 1. The number of ether oxygens (including phenoxy) is 1. The minimum atomic E-state index is -0.575. The number of likely N-dealkylation sites (tertiary alicyclic amines) is 1. The molecule has 0 atom stereocenters. The standard InChI is InChI=1S/C21H25N7O4S2/c1-21(2,3)32-20(31)27-9-4-13(5-10-27)28-17(30)15-16(23-7-6-22-15)26-19(28)34-12-14(29)25-18-24-8-11-33-18/h6-8,11,13H,4-5,9-10,12H2,1-3H3,(H,24,25,29). The van der Waals surface area contributed by atoms with Crippen LogP contribution in [0.2, 0.25) is 0 Å². The third-order valence-electron chi connectivity index (χ3n) is 5.00. The first-order valence-corrected chi connectivity index (χ1v) is 12.6. The van der Waals surface area contributed by atoms with Crippen molar-refractivity contribution in [3.8, 4) is 0 Å². The van der Waals surface area contributed by atoms with Crippen LogP contribution in [0.4, 0.5) is 9.93 Å². The van der Waals surface area contributed by atoms with Crippen molar-refractivity contribution in [1.29, 1.82) is 0 Å². The third-order valence-corrected chi connectivity index (χ3v) is 6.64. The second kappa shape index (κ2) is 10.1. The van der Waals surface area contributed by atoms with E-state index in [1.54, 1.807) is 21.0 Å².